The molecule has 18 heavy (non-hydrogen) atoms. The smallest absolute Gasteiger partial charge is 0.336 e. The van der Waals surface area contributed by atoms with Gasteiger partial charge in [-0.25, -0.2) is 4.79 Å². The van der Waals surface area contributed by atoms with Crippen molar-refractivity contribution in [1.82, 2.24) is 0 Å². The van der Waals surface area contributed by atoms with Crippen LogP contribution in [-0.4, -0.2) is 11.1 Å². The van der Waals surface area contributed by atoms with Crippen LogP contribution in [0, 0.1) is 13.8 Å². The van der Waals surface area contributed by atoms with Crippen LogP contribution >= 0.6 is 11.6 Å². The zero-order chi connectivity index (χ0) is 13.3. The first-order chi connectivity index (χ1) is 8.47. The Labute approximate surface area is 111 Å². The molecule has 2 aromatic rings. The number of rotatable bonds is 2. The first kappa shape index (κ1) is 12.7. The predicted molar refractivity (Wildman–Crippen MR) is 73.3 cm³/mol. The molecule has 92 valence electrons. The Bertz CT molecular complexity index is 598. The molecule has 0 atom stereocenters. The zero-order valence-corrected chi connectivity index (χ0v) is 11.0. The van der Waals surface area contributed by atoms with Crippen LogP contribution in [0.1, 0.15) is 21.5 Å². The maximum absolute atomic E-state index is 11.3. The van der Waals surface area contributed by atoms with Gasteiger partial charge in [0.25, 0.3) is 0 Å². The van der Waals surface area contributed by atoms with E-state index in [9.17, 15) is 9.90 Å². The van der Waals surface area contributed by atoms with Crippen LogP contribution in [0.15, 0.2) is 36.4 Å². The van der Waals surface area contributed by atoms with E-state index in [0.717, 1.165) is 16.7 Å². The summed E-state index contributed by atoms with van der Waals surface area (Å²) in [5.41, 5.74) is 3.76. The summed E-state index contributed by atoms with van der Waals surface area (Å²) in [5, 5.41) is 9.87. The van der Waals surface area contributed by atoms with Gasteiger partial charge in [0.05, 0.1) is 5.56 Å². The van der Waals surface area contributed by atoms with Crippen LogP contribution < -0.4 is 0 Å². The molecule has 2 aromatic carbocycles. The largest absolute Gasteiger partial charge is 0.478 e. The third-order valence-corrected chi connectivity index (χ3v) is 2.98. The van der Waals surface area contributed by atoms with Crippen molar-refractivity contribution in [2.24, 2.45) is 0 Å². The maximum Gasteiger partial charge on any atom is 0.336 e. The molecule has 0 aromatic heterocycles. The van der Waals surface area contributed by atoms with E-state index >= 15 is 0 Å². The molecule has 0 bridgehead atoms. The van der Waals surface area contributed by atoms with Gasteiger partial charge in [-0.2, -0.15) is 0 Å². The van der Waals surface area contributed by atoms with Crippen molar-refractivity contribution in [2.45, 2.75) is 13.8 Å². The molecular weight excluding hydrogens is 248 g/mol. The Balaban J connectivity index is 2.66. The quantitative estimate of drug-likeness (QED) is 0.873. The number of aromatic carboxylic acids is 1. The van der Waals surface area contributed by atoms with Crippen LogP contribution in [0.5, 0.6) is 0 Å². The lowest BCUT2D eigenvalue weighted by atomic mass is 9.97. The van der Waals surface area contributed by atoms with Crippen LogP contribution in [0.2, 0.25) is 5.02 Å². The Morgan fingerprint density at radius 1 is 1.06 bits per heavy atom. The van der Waals surface area contributed by atoms with E-state index in [1.807, 2.05) is 38.1 Å². The van der Waals surface area contributed by atoms with E-state index in [1.54, 1.807) is 12.1 Å². The lowest BCUT2D eigenvalue weighted by molar-refractivity contribution is 0.0697. The van der Waals surface area contributed by atoms with Gasteiger partial charge in [0, 0.05) is 5.02 Å². The van der Waals surface area contributed by atoms with Crippen molar-refractivity contribution in [3.8, 4) is 11.1 Å². The van der Waals surface area contributed by atoms with Gasteiger partial charge in [-0.15, -0.1) is 0 Å². The molecule has 0 aliphatic rings. The fraction of sp³-hybridized carbons (Fsp3) is 0.133. The summed E-state index contributed by atoms with van der Waals surface area (Å²) >= 11 is 6.02. The highest BCUT2D eigenvalue weighted by molar-refractivity contribution is 6.31. The molecule has 0 radical (unpaired) electrons. The van der Waals surface area contributed by atoms with Gasteiger partial charge in [0.15, 0.2) is 0 Å². The summed E-state index contributed by atoms with van der Waals surface area (Å²) in [6.07, 6.45) is 0. The van der Waals surface area contributed by atoms with Crippen molar-refractivity contribution in [3.63, 3.8) is 0 Å². The normalized spacial score (nSPS) is 10.4. The summed E-state index contributed by atoms with van der Waals surface area (Å²) in [6, 6.07) is 11.0. The first-order valence-electron chi connectivity index (χ1n) is 5.59. The van der Waals surface area contributed by atoms with Gasteiger partial charge in [-0.3, -0.25) is 0 Å². The number of carbonyl (C=O) groups is 1. The molecule has 0 heterocycles. The first-order valence-corrected chi connectivity index (χ1v) is 5.96. The Morgan fingerprint density at radius 3 is 2.39 bits per heavy atom. The van der Waals surface area contributed by atoms with E-state index in [-0.39, 0.29) is 0 Å². The minimum Gasteiger partial charge on any atom is -0.478 e. The molecule has 3 heteroatoms. The third kappa shape index (κ3) is 2.54. The molecule has 0 saturated carbocycles. The van der Waals surface area contributed by atoms with Gasteiger partial charge in [0.1, 0.15) is 0 Å². The van der Waals surface area contributed by atoms with Gasteiger partial charge in [-0.05, 0) is 48.7 Å². The van der Waals surface area contributed by atoms with E-state index in [4.69, 9.17) is 11.6 Å². The molecule has 2 rings (SSSR count). The Morgan fingerprint density at radius 2 is 1.78 bits per heavy atom. The van der Waals surface area contributed by atoms with E-state index in [2.05, 4.69) is 0 Å². The highest BCUT2D eigenvalue weighted by Gasteiger charge is 2.12. The van der Waals surface area contributed by atoms with Crippen LogP contribution in [0.25, 0.3) is 11.1 Å². The van der Waals surface area contributed by atoms with Crippen molar-refractivity contribution < 1.29 is 9.90 Å². The second-order valence-corrected chi connectivity index (χ2v) is 4.81. The predicted octanol–water partition coefficient (Wildman–Crippen LogP) is 4.32. The molecule has 0 saturated heterocycles. The molecular formula is C15H13ClO2. The summed E-state index contributed by atoms with van der Waals surface area (Å²) in [4.78, 5) is 11.3. The highest BCUT2D eigenvalue weighted by atomic mass is 35.5. The zero-order valence-electron chi connectivity index (χ0n) is 10.2. The fourth-order valence-corrected chi connectivity index (χ4v) is 2.27. The monoisotopic (exact) mass is 260 g/mol. The number of carboxylic acid groups (broad SMARTS) is 1. The second-order valence-electron chi connectivity index (χ2n) is 4.37. The van der Waals surface area contributed by atoms with E-state index < -0.39 is 5.97 Å². The number of aryl methyl sites for hydroxylation is 2. The number of hydrogen-bond acceptors (Lipinski definition) is 1. The lowest BCUT2D eigenvalue weighted by Crippen LogP contribution is -2.00. The average Bonchev–Trinajstić information content (AvgIpc) is 2.27. The Hall–Kier alpha value is -1.80. The fourth-order valence-electron chi connectivity index (χ4n) is 1.98. The Kier molecular flexibility index (Phi) is 3.39. The number of carboxylic acids is 1. The minimum absolute atomic E-state index is 0.302. The summed E-state index contributed by atoms with van der Waals surface area (Å²) in [5.74, 6) is -0.925. The molecule has 0 amide bonds. The minimum atomic E-state index is -0.925. The van der Waals surface area contributed by atoms with Gasteiger partial charge in [-0.1, -0.05) is 35.4 Å². The average molecular weight is 261 g/mol. The number of benzene rings is 2. The van der Waals surface area contributed by atoms with E-state index in [1.165, 1.54) is 0 Å². The molecule has 0 unspecified atom stereocenters. The lowest BCUT2D eigenvalue weighted by Gasteiger charge is -2.09. The number of hydrogen-bond donors (Lipinski definition) is 1. The van der Waals surface area contributed by atoms with Gasteiger partial charge in [0.2, 0.25) is 0 Å². The van der Waals surface area contributed by atoms with Gasteiger partial charge >= 0.3 is 5.97 Å². The molecule has 2 nitrogen and oxygen atoms in total. The second kappa shape index (κ2) is 4.83. The highest BCUT2D eigenvalue weighted by Crippen LogP contribution is 2.28. The molecule has 0 aliphatic carbocycles. The van der Waals surface area contributed by atoms with Crippen LogP contribution in [-0.2, 0) is 0 Å². The van der Waals surface area contributed by atoms with Gasteiger partial charge < -0.3 is 5.11 Å². The van der Waals surface area contributed by atoms with Crippen molar-refractivity contribution in [2.75, 3.05) is 0 Å². The molecule has 1 N–H and O–H groups in total. The number of halogens is 1. The van der Waals surface area contributed by atoms with Crippen molar-refractivity contribution >= 4 is 17.6 Å². The van der Waals surface area contributed by atoms with E-state index in [0.29, 0.717) is 16.1 Å². The molecule has 0 aliphatic heterocycles. The summed E-state index contributed by atoms with van der Waals surface area (Å²) in [7, 11) is 0. The third-order valence-electron chi connectivity index (χ3n) is 2.76. The maximum atomic E-state index is 11.3. The molecule has 0 spiro atoms. The topological polar surface area (TPSA) is 37.3 Å². The standard InChI is InChI=1S/C15H13ClO2/c1-9-3-4-13(14(7-9)15(17)18)11-5-10(2)6-12(16)8-11/h3-8H,1-2H3,(H,17,18). The van der Waals surface area contributed by atoms with Crippen LogP contribution in [0.4, 0.5) is 0 Å². The molecule has 0 fully saturated rings. The summed E-state index contributed by atoms with van der Waals surface area (Å²) < 4.78 is 0. The van der Waals surface area contributed by atoms with Crippen LogP contribution in [0.3, 0.4) is 0 Å². The van der Waals surface area contributed by atoms with Crippen molar-refractivity contribution in [3.05, 3.63) is 58.1 Å². The summed E-state index contributed by atoms with van der Waals surface area (Å²) in [6.45, 7) is 3.81. The SMILES string of the molecule is Cc1cc(Cl)cc(-c2ccc(C)cc2C(=O)O)c1. The van der Waals surface area contributed by atoms with Crippen molar-refractivity contribution in [1.29, 1.82) is 0 Å².